The van der Waals surface area contributed by atoms with E-state index in [1.807, 2.05) is 18.2 Å². The van der Waals surface area contributed by atoms with Crippen molar-refractivity contribution in [2.75, 3.05) is 18.4 Å². The molecule has 1 atom stereocenters. The Morgan fingerprint density at radius 3 is 2.81 bits per heavy atom. The zero-order chi connectivity index (χ0) is 21.2. The summed E-state index contributed by atoms with van der Waals surface area (Å²) in [7, 11) is 0. The molecule has 4 heterocycles. The maximum Gasteiger partial charge on any atom is 0.225 e. The summed E-state index contributed by atoms with van der Waals surface area (Å²) in [6.45, 7) is 3.52. The molecule has 3 aromatic heterocycles. The Kier molecular flexibility index (Phi) is 6.09. The van der Waals surface area contributed by atoms with Crippen LogP contribution >= 0.6 is 34.5 Å². The highest BCUT2D eigenvalue weighted by Gasteiger charge is 2.23. The van der Waals surface area contributed by atoms with Gasteiger partial charge in [-0.3, -0.25) is 0 Å². The summed E-state index contributed by atoms with van der Waals surface area (Å²) in [5.74, 6) is 1.81. The lowest BCUT2D eigenvalue weighted by Crippen LogP contribution is -2.32. The number of nitrogens with one attached hydrogen (secondary N) is 2. The lowest BCUT2D eigenvalue weighted by atomic mass is 9.99. The van der Waals surface area contributed by atoms with Crippen LogP contribution < -0.4 is 10.6 Å². The van der Waals surface area contributed by atoms with Gasteiger partial charge in [-0.05, 0) is 66.4 Å². The van der Waals surface area contributed by atoms with Gasteiger partial charge in [0, 0.05) is 13.1 Å². The molecule has 2 N–H and O–H groups in total. The molecular formula is C22H22Cl2N6S. The minimum Gasteiger partial charge on any atom is -0.350 e. The monoisotopic (exact) mass is 472 g/mol. The van der Waals surface area contributed by atoms with Gasteiger partial charge in [-0.25, -0.2) is 9.97 Å². The molecule has 1 fully saturated rings. The first-order valence-electron chi connectivity index (χ1n) is 10.3. The van der Waals surface area contributed by atoms with Crippen LogP contribution in [-0.4, -0.2) is 32.6 Å². The van der Waals surface area contributed by atoms with Crippen LogP contribution in [0.3, 0.4) is 0 Å². The summed E-state index contributed by atoms with van der Waals surface area (Å²) in [4.78, 5) is 14.1. The van der Waals surface area contributed by atoms with Crippen LogP contribution in [0.5, 0.6) is 0 Å². The highest BCUT2D eigenvalue weighted by atomic mass is 35.5. The standard InChI is InChI=1S/C22H22Cl2N6S/c23-16-4-1-5-17(24)19(16)21-28-18-11-27-22(26-10-15-6-8-31-13-15)29-20(18)30(21)12-14-3-2-7-25-9-14/h1,4-6,8,11,13-14,25H,2-3,7,9-10,12H2,(H,26,27,29). The molecule has 0 saturated carbocycles. The predicted octanol–water partition coefficient (Wildman–Crippen LogP) is 5.47. The number of fused-ring (bicyclic) bond motifs is 1. The maximum atomic E-state index is 6.55. The number of rotatable bonds is 6. The van der Waals surface area contributed by atoms with E-state index in [9.17, 15) is 0 Å². The third-order valence-electron chi connectivity index (χ3n) is 5.54. The number of hydrogen-bond donors (Lipinski definition) is 2. The number of imidazole rings is 1. The van der Waals surface area contributed by atoms with Gasteiger partial charge in [0.25, 0.3) is 0 Å². The second-order valence-electron chi connectivity index (χ2n) is 7.74. The van der Waals surface area contributed by atoms with Crippen molar-refractivity contribution in [2.24, 2.45) is 5.92 Å². The van der Waals surface area contributed by atoms with Gasteiger partial charge >= 0.3 is 0 Å². The SMILES string of the molecule is Clc1cccc(Cl)c1-c1nc2cnc(NCc3ccsc3)nc2n1CC1CCCNC1. The molecule has 9 heteroatoms. The molecule has 0 amide bonds. The number of halogens is 2. The van der Waals surface area contributed by atoms with Crippen molar-refractivity contribution < 1.29 is 0 Å². The van der Waals surface area contributed by atoms with E-state index >= 15 is 0 Å². The van der Waals surface area contributed by atoms with Gasteiger partial charge in [0.1, 0.15) is 11.3 Å². The van der Waals surface area contributed by atoms with Gasteiger partial charge in [-0.2, -0.15) is 16.3 Å². The molecule has 4 aromatic rings. The van der Waals surface area contributed by atoms with Crippen LogP contribution in [0.15, 0.2) is 41.2 Å². The van der Waals surface area contributed by atoms with E-state index in [1.54, 1.807) is 17.5 Å². The molecule has 160 valence electrons. The second-order valence-corrected chi connectivity index (χ2v) is 9.34. The molecule has 1 aliphatic heterocycles. The largest absolute Gasteiger partial charge is 0.350 e. The average Bonchev–Trinajstić information content (AvgIpc) is 3.41. The van der Waals surface area contributed by atoms with Gasteiger partial charge in [0.2, 0.25) is 5.95 Å². The van der Waals surface area contributed by atoms with Crippen molar-refractivity contribution in [1.29, 1.82) is 0 Å². The van der Waals surface area contributed by atoms with Gasteiger partial charge in [0.15, 0.2) is 5.65 Å². The van der Waals surface area contributed by atoms with Crippen LogP contribution in [0.2, 0.25) is 10.0 Å². The van der Waals surface area contributed by atoms with Crippen molar-refractivity contribution in [3.8, 4) is 11.4 Å². The fraction of sp³-hybridized carbons (Fsp3) is 0.318. The number of thiophene rings is 1. The number of benzene rings is 1. The number of anilines is 1. The molecule has 0 radical (unpaired) electrons. The Bertz CT molecular complexity index is 1160. The van der Waals surface area contributed by atoms with E-state index in [1.165, 1.54) is 12.0 Å². The summed E-state index contributed by atoms with van der Waals surface area (Å²) in [6, 6.07) is 7.62. The van der Waals surface area contributed by atoms with Crippen LogP contribution in [0.4, 0.5) is 5.95 Å². The fourth-order valence-electron chi connectivity index (χ4n) is 3.99. The van der Waals surface area contributed by atoms with Crippen molar-refractivity contribution in [2.45, 2.75) is 25.9 Å². The van der Waals surface area contributed by atoms with Crippen molar-refractivity contribution in [3.63, 3.8) is 0 Å². The van der Waals surface area contributed by atoms with E-state index in [2.05, 4.69) is 37.0 Å². The Morgan fingerprint density at radius 1 is 1.19 bits per heavy atom. The molecule has 1 aliphatic rings. The van der Waals surface area contributed by atoms with Gasteiger partial charge in [-0.15, -0.1) is 0 Å². The van der Waals surface area contributed by atoms with Gasteiger partial charge in [0.05, 0.1) is 21.8 Å². The number of piperidine rings is 1. The first-order chi connectivity index (χ1) is 15.2. The third-order valence-corrected chi connectivity index (χ3v) is 6.91. The van der Waals surface area contributed by atoms with Crippen molar-refractivity contribution >= 4 is 51.7 Å². The normalized spacial score (nSPS) is 16.6. The van der Waals surface area contributed by atoms with Crippen LogP contribution in [0, 0.1) is 5.92 Å². The molecule has 0 bridgehead atoms. The van der Waals surface area contributed by atoms with Crippen molar-refractivity contribution in [1.82, 2.24) is 24.8 Å². The maximum absolute atomic E-state index is 6.55. The quantitative estimate of drug-likeness (QED) is 0.389. The van der Waals surface area contributed by atoms with E-state index in [0.29, 0.717) is 28.5 Å². The van der Waals surface area contributed by atoms with Gasteiger partial charge < -0.3 is 15.2 Å². The summed E-state index contributed by atoms with van der Waals surface area (Å²) in [5, 5.41) is 12.1. The van der Waals surface area contributed by atoms with Crippen LogP contribution in [0.25, 0.3) is 22.6 Å². The highest BCUT2D eigenvalue weighted by molar-refractivity contribution is 7.07. The van der Waals surface area contributed by atoms with Crippen molar-refractivity contribution in [3.05, 3.63) is 56.8 Å². The van der Waals surface area contributed by atoms with Gasteiger partial charge in [-0.1, -0.05) is 29.3 Å². The summed E-state index contributed by atoms with van der Waals surface area (Å²) in [6.07, 6.45) is 4.10. The van der Waals surface area contributed by atoms with Crippen LogP contribution in [0.1, 0.15) is 18.4 Å². The lowest BCUT2D eigenvalue weighted by Gasteiger charge is -2.24. The molecule has 0 spiro atoms. The zero-order valence-corrected chi connectivity index (χ0v) is 19.1. The van der Waals surface area contributed by atoms with E-state index in [4.69, 9.17) is 33.2 Å². The second kappa shape index (κ2) is 9.12. The van der Waals surface area contributed by atoms with E-state index < -0.39 is 0 Å². The molecule has 31 heavy (non-hydrogen) atoms. The van der Waals surface area contributed by atoms with Crippen LogP contribution in [-0.2, 0) is 13.1 Å². The highest BCUT2D eigenvalue weighted by Crippen LogP contribution is 2.36. The molecule has 1 aromatic carbocycles. The minimum absolute atomic E-state index is 0.489. The first kappa shape index (κ1) is 20.7. The summed E-state index contributed by atoms with van der Waals surface area (Å²) >= 11 is 14.8. The molecule has 5 rings (SSSR count). The summed E-state index contributed by atoms with van der Waals surface area (Å²) in [5.41, 5.74) is 3.47. The Morgan fingerprint density at radius 2 is 2.06 bits per heavy atom. The Hall–Kier alpha value is -2.19. The topological polar surface area (TPSA) is 67.7 Å². The Labute approximate surface area is 194 Å². The molecular weight excluding hydrogens is 451 g/mol. The number of nitrogens with zero attached hydrogens (tertiary/aromatic N) is 4. The van der Waals surface area contributed by atoms with E-state index in [-0.39, 0.29) is 0 Å². The number of hydrogen-bond acceptors (Lipinski definition) is 6. The predicted molar refractivity (Wildman–Crippen MR) is 128 cm³/mol. The Balaban J connectivity index is 1.57. The third kappa shape index (κ3) is 4.41. The smallest absolute Gasteiger partial charge is 0.225 e. The molecule has 6 nitrogen and oxygen atoms in total. The fourth-order valence-corrected chi connectivity index (χ4v) is 5.23. The molecule has 1 saturated heterocycles. The molecule has 0 aliphatic carbocycles. The summed E-state index contributed by atoms with van der Waals surface area (Å²) < 4.78 is 2.15. The lowest BCUT2D eigenvalue weighted by molar-refractivity contribution is 0.341. The first-order valence-corrected chi connectivity index (χ1v) is 12.0. The number of aromatic nitrogens is 4. The zero-order valence-electron chi connectivity index (χ0n) is 16.8. The average molecular weight is 473 g/mol. The minimum atomic E-state index is 0.489. The molecule has 1 unspecified atom stereocenters. The van der Waals surface area contributed by atoms with E-state index in [0.717, 1.165) is 48.6 Å².